The Morgan fingerprint density at radius 2 is 2.11 bits per heavy atom. The highest BCUT2D eigenvalue weighted by Crippen LogP contribution is 2.21. The van der Waals surface area contributed by atoms with Gasteiger partial charge in [0.2, 0.25) is 5.95 Å². The molecule has 2 aromatic heterocycles. The molecule has 0 atom stereocenters. The minimum atomic E-state index is -0.270. The molecule has 0 aliphatic carbocycles. The van der Waals surface area contributed by atoms with Crippen LogP contribution in [0.1, 0.15) is 27.9 Å². The topological polar surface area (TPSA) is 83.0 Å². The zero-order chi connectivity index (χ0) is 14.0. The largest absolute Gasteiger partial charge is 0.288 e. The van der Waals surface area contributed by atoms with Crippen LogP contribution in [0.2, 0.25) is 0 Å². The van der Waals surface area contributed by atoms with Crippen molar-refractivity contribution in [1.82, 2.24) is 15.2 Å². The smallest absolute Gasteiger partial charge is 0.274 e. The lowest BCUT2D eigenvalue weighted by molar-refractivity contribution is 0.897. The predicted octanol–water partition coefficient (Wildman–Crippen LogP) is 1.99. The van der Waals surface area contributed by atoms with Gasteiger partial charge in [-0.05, 0) is 33.8 Å². The Hall–Kier alpha value is -2.02. The third-order valence-corrected chi connectivity index (χ3v) is 3.59. The number of hydrogen-bond acceptors (Lipinski definition) is 6. The summed E-state index contributed by atoms with van der Waals surface area (Å²) in [6.45, 7) is 7.62. The third-order valence-electron chi connectivity index (χ3n) is 2.62. The molecule has 0 amide bonds. The molecule has 0 aliphatic heterocycles. The first-order chi connectivity index (χ1) is 8.97. The lowest BCUT2D eigenvalue weighted by atomic mass is 10.2. The molecule has 7 heteroatoms. The van der Waals surface area contributed by atoms with Gasteiger partial charge in [0.05, 0.1) is 5.71 Å². The van der Waals surface area contributed by atoms with Crippen LogP contribution < -0.4 is 11.0 Å². The standard InChI is InChI=1S/C12H15N5OS/c1-6-5-10(9(4)19-6)7(2)14-16-12-13-11(18)8(3)15-17-12/h5H,1-4H3,(H2,13,16,17,18)/b14-7-. The number of nitrogens with one attached hydrogen (secondary N) is 2. The van der Waals surface area contributed by atoms with Crippen molar-refractivity contribution < 1.29 is 0 Å². The first kappa shape index (κ1) is 13.4. The highest BCUT2D eigenvalue weighted by atomic mass is 32.1. The summed E-state index contributed by atoms with van der Waals surface area (Å²) < 4.78 is 0. The second-order valence-corrected chi connectivity index (χ2v) is 5.68. The average molecular weight is 277 g/mol. The quantitative estimate of drug-likeness (QED) is 0.664. The number of thiophene rings is 1. The van der Waals surface area contributed by atoms with E-state index in [1.54, 1.807) is 18.3 Å². The Kier molecular flexibility index (Phi) is 3.75. The molecular formula is C12H15N5OS. The minimum absolute atomic E-state index is 0.236. The number of nitrogens with zero attached hydrogens (tertiary/aromatic N) is 3. The second kappa shape index (κ2) is 5.31. The highest BCUT2D eigenvalue weighted by Gasteiger charge is 2.06. The van der Waals surface area contributed by atoms with Gasteiger partial charge in [-0.15, -0.1) is 21.5 Å². The summed E-state index contributed by atoms with van der Waals surface area (Å²) in [5.74, 6) is 0.236. The predicted molar refractivity (Wildman–Crippen MR) is 77.0 cm³/mol. The van der Waals surface area contributed by atoms with Crippen LogP contribution in [0.15, 0.2) is 16.0 Å². The molecule has 0 spiro atoms. The van der Waals surface area contributed by atoms with Crippen LogP contribution in [0.3, 0.4) is 0 Å². The van der Waals surface area contributed by atoms with E-state index in [0.29, 0.717) is 5.69 Å². The second-order valence-electron chi connectivity index (χ2n) is 4.22. The Labute approximate surface area is 114 Å². The number of anilines is 1. The molecule has 2 aromatic rings. The van der Waals surface area contributed by atoms with E-state index in [9.17, 15) is 4.79 Å². The summed E-state index contributed by atoms with van der Waals surface area (Å²) in [7, 11) is 0. The molecule has 0 radical (unpaired) electrons. The van der Waals surface area contributed by atoms with Gasteiger partial charge in [-0.2, -0.15) is 5.10 Å². The molecule has 0 unspecified atom stereocenters. The maximum atomic E-state index is 11.4. The van der Waals surface area contributed by atoms with Crippen LogP contribution in [0.4, 0.5) is 5.95 Å². The Morgan fingerprint density at radius 1 is 1.37 bits per heavy atom. The summed E-state index contributed by atoms with van der Waals surface area (Å²) >= 11 is 1.73. The van der Waals surface area contributed by atoms with E-state index < -0.39 is 0 Å². The van der Waals surface area contributed by atoms with E-state index in [-0.39, 0.29) is 11.5 Å². The fourth-order valence-corrected chi connectivity index (χ4v) is 2.61. The Bertz CT molecular complexity index is 686. The van der Waals surface area contributed by atoms with Crippen LogP contribution >= 0.6 is 11.3 Å². The van der Waals surface area contributed by atoms with Crippen LogP contribution in [-0.4, -0.2) is 20.9 Å². The maximum absolute atomic E-state index is 11.4. The van der Waals surface area contributed by atoms with Crippen LogP contribution in [-0.2, 0) is 0 Å². The van der Waals surface area contributed by atoms with Crippen molar-refractivity contribution in [3.63, 3.8) is 0 Å². The number of aromatic amines is 1. The van der Waals surface area contributed by atoms with Crippen molar-refractivity contribution in [3.05, 3.63) is 37.4 Å². The number of hydrazone groups is 1. The number of aromatic nitrogens is 3. The molecule has 0 aliphatic rings. The molecule has 0 bridgehead atoms. The van der Waals surface area contributed by atoms with Crippen LogP contribution in [0.5, 0.6) is 0 Å². The monoisotopic (exact) mass is 277 g/mol. The van der Waals surface area contributed by atoms with E-state index >= 15 is 0 Å². The van der Waals surface area contributed by atoms with Gasteiger partial charge < -0.3 is 0 Å². The highest BCUT2D eigenvalue weighted by molar-refractivity contribution is 7.12. The van der Waals surface area contributed by atoms with Crippen LogP contribution in [0, 0.1) is 20.8 Å². The molecule has 2 rings (SSSR count). The molecular weight excluding hydrogens is 262 g/mol. The Morgan fingerprint density at radius 3 is 2.68 bits per heavy atom. The van der Waals surface area contributed by atoms with Crippen LogP contribution in [0.25, 0.3) is 0 Å². The van der Waals surface area contributed by atoms with E-state index in [2.05, 4.69) is 45.6 Å². The zero-order valence-electron chi connectivity index (χ0n) is 11.2. The van der Waals surface area contributed by atoms with Crippen molar-refractivity contribution in [2.75, 3.05) is 5.43 Å². The van der Waals surface area contributed by atoms with Gasteiger partial charge in [0.25, 0.3) is 5.56 Å². The zero-order valence-corrected chi connectivity index (χ0v) is 12.1. The number of hydrogen-bond donors (Lipinski definition) is 2. The first-order valence-corrected chi connectivity index (χ1v) is 6.60. The SMILES string of the molecule is C/C(=N/Nc1nnc(C)c(=O)[nH]1)c1cc(C)sc1C. The lowest BCUT2D eigenvalue weighted by Crippen LogP contribution is -2.16. The van der Waals surface area contributed by atoms with E-state index in [1.165, 1.54) is 9.75 Å². The lowest BCUT2D eigenvalue weighted by Gasteiger charge is -2.01. The molecule has 0 saturated heterocycles. The fourth-order valence-electron chi connectivity index (χ4n) is 1.63. The minimum Gasteiger partial charge on any atom is -0.288 e. The number of H-pyrrole nitrogens is 1. The summed E-state index contributed by atoms with van der Waals surface area (Å²) in [5, 5.41) is 11.7. The molecule has 0 saturated carbocycles. The first-order valence-electron chi connectivity index (χ1n) is 5.78. The summed E-state index contributed by atoms with van der Waals surface area (Å²) in [6.07, 6.45) is 0. The van der Waals surface area contributed by atoms with Gasteiger partial charge >= 0.3 is 0 Å². The van der Waals surface area contributed by atoms with Gasteiger partial charge in [0, 0.05) is 15.3 Å². The Balaban J connectivity index is 2.20. The van der Waals surface area contributed by atoms with Gasteiger partial charge in [-0.25, -0.2) is 5.43 Å². The van der Waals surface area contributed by atoms with Crippen molar-refractivity contribution in [2.45, 2.75) is 27.7 Å². The molecule has 6 nitrogen and oxygen atoms in total. The summed E-state index contributed by atoms with van der Waals surface area (Å²) in [6, 6.07) is 2.09. The van der Waals surface area contributed by atoms with E-state index in [1.807, 2.05) is 6.92 Å². The molecule has 2 N–H and O–H groups in total. The molecule has 19 heavy (non-hydrogen) atoms. The van der Waals surface area contributed by atoms with Gasteiger partial charge in [-0.1, -0.05) is 0 Å². The summed E-state index contributed by atoms with van der Waals surface area (Å²) in [5.41, 5.74) is 4.70. The fraction of sp³-hybridized carbons (Fsp3) is 0.333. The number of aryl methyl sites for hydroxylation is 3. The normalized spacial score (nSPS) is 11.7. The van der Waals surface area contributed by atoms with Gasteiger partial charge in [0.15, 0.2) is 0 Å². The van der Waals surface area contributed by atoms with Gasteiger partial charge in [0.1, 0.15) is 5.69 Å². The van der Waals surface area contributed by atoms with Gasteiger partial charge in [-0.3, -0.25) is 9.78 Å². The molecule has 0 aromatic carbocycles. The van der Waals surface area contributed by atoms with E-state index in [0.717, 1.165) is 11.3 Å². The van der Waals surface area contributed by atoms with Crippen molar-refractivity contribution in [1.29, 1.82) is 0 Å². The van der Waals surface area contributed by atoms with Crippen molar-refractivity contribution in [2.24, 2.45) is 5.10 Å². The average Bonchev–Trinajstić information content (AvgIpc) is 2.70. The summed E-state index contributed by atoms with van der Waals surface area (Å²) in [4.78, 5) is 16.4. The van der Waals surface area contributed by atoms with Crippen molar-refractivity contribution in [3.8, 4) is 0 Å². The molecule has 0 fully saturated rings. The number of rotatable bonds is 3. The maximum Gasteiger partial charge on any atom is 0.274 e. The molecule has 2 heterocycles. The van der Waals surface area contributed by atoms with E-state index in [4.69, 9.17) is 0 Å². The molecule has 100 valence electrons. The third kappa shape index (κ3) is 3.05. The van der Waals surface area contributed by atoms with Crippen molar-refractivity contribution >= 4 is 23.0 Å².